The van der Waals surface area contributed by atoms with Crippen LogP contribution in [0.1, 0.15) is 29.6 Å². The molecule has 102 valence electrons. The van der Waals surface area contributed by atoms with Crippen LogP contribution in [0.3, 0.4) is 0 Å². The molecular weight excluding hydrogens is 247 g/mol. The molecule has 0 radical (unpaired) electrons. The highest BCUT2D eigenvalue weighted by molar-refractivity contribution is 5.97. The quantitative estimate of drug-likeness (QED) is 0.582. The van der Waals surface area contributed by atoms with Gasteiger partial charge in [-0.25, -0.2) is 4.39 Å². The number of rotatable bonds is 7. The number of primary amides is 1. The van der Waals surface area contributed by atoms with Gasteiger partial charge in [0.1, 0.15) is 11.9 Å². The smallest absolute Gasteiger partial charge is 0.254 e. The molecule has 0 unspecified atom stereocenters. The molecule has 1 atom stereocenters. The van der Waals surface area contributed by atoms with Gasteiger partial charge in [-0.3, -0.25) is 9.59 Å². The van der Waals surface area contributed by atoms with Gasteiger partial charge in [-0.1, -0.05) is 18.2 Å². The van der Waals surface area contributed by atoms with E-state index in [9.17, 15) is 14.0 Å². The largest absolute Gasteiger partial charge is 0.368 e. The first-order valence-corrected chi connectivity index (χ1v) is 6.02. The van der Waals surface area contributed by atoms with Gasteiger partial charge in [0, 0.05) is 0 Å². The summed E-state index contributed by atoms with van der Waals surface area (Å²) in [4.78, 5) is 23.1. The average molecular weight is 264 g/mol. The number of benzene rings is 1. The molecule has 19 heavy (non-hydrogen) atoms. The van der Waals surface area contributed by atoms with Gasteiger partial charge >= 0.3 is 0 Å². The van der Waals surface area contributed by atoms with Gasteiger partial charge in [-0.05, 0) is 31.4 Å². The van der Waals surface area contributed by atoms with Crippen molar-refractivity contribution in [1.82, 2.24) is 5.32 Å². The van der Waals surface area contributed by atoms with Crippen LogP contribution in [0.15, 0.2) is 36.9 Å². The second kappa shape index (κ2) is 7.31. The van der Waals surface area contributed by atoms with E-state index < -0.39 is 23.7 Å². The van der Waals surface area contributed by atoms with Gasteiger partial charge in [0.15, 0.2) is 0 Å². The number of nitrogens with one attached hydrogen (secondary N) is 1. The van der Waals surface area contributed by atoms with E-state index in [0.717, 1.165) is 6.42 Å². The molecule has 0 aliphatic heterocycles. The minimum Gasteiger partial charge on any atom is -0.368 e. The Morgan fingerprint density at radius 1 is 1.42 bits per heavy atom. The zero-order chi connectivity index (χ0) is 14.3. The minimum atomic E-state index is -0.799. The summed E-state index contributed by atoms with van der Waals surface area (Å²) in [5.74, 6) is -1.90. The first-order chi connectivity index (χ1) is 9.06. The van der Waals surface area contributed by atoms with Crippen LogP contribution < -0.4 is 11.1 Å². The van der Waals surface area contributed by atoms with Crippen LogP contribution in [0.25, 0.3) is 0 Å². The molecule has 0 spiro atoms. The van der Waals surface area contributed by atoms with Crippen molar-refractivity contribution in [3.05, 3.63) is 48.3 Å². The number of unbranched alkanes of at least 4 members (excludes halogenated alkanes) is 1. The molecule has 0 saturated carbocycles. The van der Waals surface area contributed by atoms with Crippen LogP contribution in [0.5, 0.6) is 0 Å². The molecule has 0 aromatic heterocycles. The van der Waals surface area contributed by atoms with E-state index in [1.807, 2.05) is 0 Å². The Bertz CT molecular complexity index is 474. The fraction of sp³-hybridized carbons (Fsp3) is 0.286. The van der Waals surface area contributed by atoms with Crippen LogP contribution in [-0.4, -0.2) is 17.9 Å². The zero-order valence-corrected chi connectivity index (χ0v) is 10.6. The normalized spacial score (nSPS) is 11.6. The number of allylic oxidation sites excluding steroid dienone is 1. The zero-order valence-electron chi connectivity index (χ0n) is 10.6. The summed E-state index contributed by atoms with van der Waals surface area (Å²) >= 11 is 0. The molecule has 1 rings (SSSR count). The van der Waals surface area contributed by atoms with Crippen molar-refractivity contribution >= 4 is 11.8 Å². The van der Waals surface area contributed by atoms with Gasteiger partial charge in [0.25, 0.3) is 5.91 Å². The second-order valence-electron chi connectivity index (χ2n) is 4.13. The molecule has 0 saturated heterocycles. The number of nitrogens with two attached hydrogens (primary N) is 1. The van der Waals surface area contributed by atoms with E-state index in [1.54, 1.807) is 12.1 Å². The molecule has 0 aliphatic rings. The molecule has 0 heterocycles. The van der Waals surface area contributed by atoms with Gasteiger partial charge in [-0.2, -0.15) is 0 Å². The molecule has 2 amide bonds. The fourth-order valence-electron chi connectivity index (χ4n) is 1.63. The first kappa shape index (κ1) is 14.9. The van der Waals surface area contributed by atoms with Crippen LogP contribution in [-0.2, 0) is 4.79 Å². The Hall–Kier alpha value is -2.17. The van der Waals surface area contributed by atoms with E-state index in [2.05, 4.69) is 11.9 Å². The highest BCUT2D eigenvalue weighted by Crippen LogP contribution is 2.08. The van der Waals surface area contributed by atoms with Crippen LogP contribution in [0, 0.1) is 5.82 Å². The summed E-state index contributed by atoms with van der Waals surface area (Å²) in [6, 6.07) is 4.78. The standard InChI is InChI=1S/C14H17FN2O2/c1-2-3-4-9-12(13(16)18)17-14(19)10-7-5-6-8-11(10)15/h2,5-8,12H,1,3-4,9H2,(H2,16,18)(H,17,19)/t12-/m0/s1. The third kappa shape index (κ3) is 4.54. The van der Waals surface area contributed by atoms with E-state index in [0.29, 0.717) is 12.8 Å². The SMILES string of the molecule is C=CCCC[C@H](NC(=O)c1ccccc1F)C(N)=O. The Labute approximate surface area is 111 Å². The van der Waals surface area contributed by atoms with Crippen LogP contribution in [0.4, 0.5) is 4.39 Å². The summed E-state index contributed by atoms with van der Waals surface area (Å²) in [5.41, 5.74) is 5.11. The van der Waals surface area contributed by atoms with E-state index in [1.165, 1.54) is 18.2 Å². The second-order valence-corrected chi connectivity index (χ2v) is 4.13. The van der Waals surface area contributed by atoms with Crippen molar-refractivity contribution in [2.45, 2.75) is 25.3 Å². The van der Waals surface area contributed by atoms with Gasteiger partial charge in [0.05, 0.1) is 5.56 Å². The lowest BCUT2D eigenvalue weighted by Crippen LogP contribution is -2.44. The summed E-state index contributed by atoms with van der Waals surface area (Å²) < 4.78 is 13.4. The summed E-state index contributed by atoms with van der Waals surface area (Å²) in [6.45, 7) is 3.57. The Morgan fingerprint density at radius 3 is 2.68 bits per heavy atom. The fourth-order valence-corrected chi connectivity index (χ4v) is 1.63. The summed E-state index contributed by atoms with van der Waals surface area (Å²) in [5, 5.41) is 2.44. The van der Waals surface area contributed by atoms with Crippen molar-refractivity contribution in [3.63, 3.8) is 0 Å². The highest BCUT2D eigenvalue weighted by atomic mass is 19.1. The van der Waals surface area contributed by atoms with Crippen LogP contribution in [0.2, 0.25) is 0 Å². The molecule has 0 fully saturated rings. The topological polar surface area (TPSA) is 72.2 Å². The molecule has 5 heteroatoms. The molecule has 0 aliphatic carbocycles. The van der Waals surface area contributed by atoms with Crippen molar-refractivity contribution in [1.29, 1.82) is 0 Å². The number of carbonyl (C=O) groups excluding carboxylic acids is 2. The first-order valence-electron chi connectivity index (χ1n) is 6.02. The monoisotopic (exact) mass is 264 g/mol. The Kier molecular flexibility index (Phi) is 5.73. The maximum absolute atomic E-state index is 13.4. The Morgan fingerprint density at radius 2 is 2.11 bits per heavy atom. The molecule has 1 aromatic carbocycles. The lowest BCUT2D eigenvalue weighted by molar-refractivity contribution is -0.120. The van der Waals surface area contributed by atoms with Crippen molar-refractivity contribution < 1.29 is 14.0 Å². The van der Waals surface area contributed by atoms with Gasteiger partial charge in [-0.15, -0.1) is 6.58 Å². The molecular formula is C14H17FN2O2. The molecule has 1 aromatic rings. The number of hydrogen-bond donors (Lipinski definition) is 2. The number of carbonyl (C=O) groups is 2. The van der Waals surface area contributed by atoms with Crippen molar-refractivity contribution in [3.8, 4) is 0 Å². The number of hydrogen-bond acceptors (Lipinski definition) is 2. The van der Waals surface area contributed by atoms with Crippen LogP contribution >= 0.6 is 0 Å². The Balaban J connectivity index is 2.69. The third-order valence-corrected chi connectivity index (χ3v) is 2.67. The van der Waals surface area contributed by atoms with Crippen molar-refractivity contribution in [2.75, 3.05) is 0 Å². The predicted molar refractivity (Wildman–Crippen MR) is 70.9 cm³/mol. The average Bonchev–Trinajstić information content (AvgIpc) is 2.38. The summed E-state index contributed by atoms with van der Waals surface area (Å²) in [6.07, 6.45) is 3.52. The lowest BCUT2D eigenvalue weighted by Gasteiger charge is -2.15. The lowest BCUT2D eigenvalue weighted by atomic mass is 10.1. The number of amides is 2. The predicted octanol–water partition coefficient (Wildman–Crippen LogP) is 1.77. The van der Waals surface area contributed by atoms with E-state index >= 15 is 0 Å². The maximum Gasteiger partial charge on any atom is 0.254 e. The summed E-state index contributed by atoms with van der Waals surface area (Å²) in [7, 11) is 0. The van der Waals surface area contributed by atoms with Gasteiger partial charge < -0.3 is 11.1 Å². The molecule has 3 N–H and O–H groups in total. The highest BCUT2D eigenvalue weighted by Gasteiger charge is 2.19. The maximum atomic E-state index is 13.4. The van der Waals surface area contributed by atoms with E-state index in [-0.39, 0.29) is 5.56 Å². The molecule has 4 nitrogen and oxygen atoms in total. The van der Waals surface area contributed by atoms with Crippen molar-refractivity contribution in [2.24, 2.45) is 5.73 Å². The third-order valence-electron chi connectivity index (χ3n) is 2.67. The number of halogens is 1. The molecule has 0 bridgehead atoms. The minimum absolute atomic E-state index is 0.0996. The van der Waals surface area contributed by atoms with Gasteiger partial charge in [0.2, 0.25) is 5.91 Å². The van der Waals surface area contributed by atoms with E-state index in [4.69, 9.17) is 5.73 Å².